The molecule has 15 heavy (non-hydrogen) atoms. The molecule has 2 rings (SSSR count). The number of benzene rings is 1. The highest BCUT2D eigenvalue weighted by atomic mass is 35.5. The van der Waals surface area contributed by atoms with E-state index in [4.69, 9.17) is 21.3 Å². The predicted molar refractivity (Wildman–Crippen MR) is 56.2 cm³/mol. The first-order valence-corrected chi connectivity index (χ1v) is 4.88. The molecular formula is C11H7ClN2O. The van der Waals surface area contributed by atoms with E-state index in [0.29, 0.717) is 23.0 Å². The Bertz CT molecular complexity index is 496. The molecule has 0 fully saturated rings. The largest absolute Gasteiger partial charge is 0.444 e. The van der Waals surface area contributed by atoms with E-state index in [-0.39, 0.29) is 0 Å². The lowest BCUT2D eigenvalue weighted by molar-refractivity contribution is 0.573. The van der Waals surface area contributed by atoms with Crippen LogP contribution in [0.4, 0.5) is 0 Å². The number of nitriles is 1. The van der Waals surface area contributed by atoms with Crippen molar-refractivity contribution in [2.75, 3.05) is 0 Å². The molecule has 4 heteroatoms. The van der Waals surface area contributed by atoms with E-state index < -0.39 is 0 Å². The molecule has 0 unspecified atom stereocenters. The zero-order valence-corrected chi connectivity index (χ0v) is 8.53. The number of hydrogen-bond acceptors (Lipinski definition) is 3. The minimum Gasteiger partial charge on any atom is -0.444 e. The minimum atomic E-state index is 0.333. The summed E-state index contributed by atoms with van der Waals surface area (Å²) in [5, 5.41) is 8.63. The van der Waals surface area contributed by atoms with Crippen molar-refractivity contribution in [3.05, 3.63) is 41.8 Å². The maximum atomic E-state index is 8.63. The molecule has 0 saturated carbocycles. The van der Waals surface area contributed by atoms with Crippen LogP contribution in [-0.4, -0.2) is 4.98 Å². The fourth-order valence-corrected chi connectivity index (χ4v) is 1.31. The predicted octanol–water partition coefficient (Wildman–Crippen LogP) is 2.95. The van der Waals surface area contributed by atoms with E-state index in [0.717, 1.165) is 5.56 Å². The van der Waals surface area contributed by atoms with Crippen LogP contribution in [0.25, 0.3) is 11.5 Å². The Balaban J connectivity index is 2.33. The number of halogens is 1. The van der Waals surface area contributed by atoms with Crippen LogP contribution in [0.15, 0.2) is 34.9 Å². The number of nitrogens with zero attached hydrogens (tertiary/aromatic N) is 2. The Morgan fingerprint density at radius 3 is 2.60 bits per heavy atom. The number of oxazole rings is 1. The lowest BCUT2D eigenvalue weighted by Gasteiger charge is -1.94. The molecular weight excluding hydrogens is 212 g/mol. The summed E-state index contributed by atoms with van der Waals surface area (Å²) in [6, 6.07) is 9.08. The molecule has 1 aromatic carbocycles. The molecule has 0 aliphatic carbocycles. The van der Waals surface area contributed by atoms with Crippen molar-refractivity contribution in [3.63, 3.8) is 0 Å². The average Bonchev–Trinajstić information content (AvgIpc) is 2.78. The van der Waals surface area contributed by atoms with Crippen molar-refractivity contribution in [1.29, 1.82) is 5.26 Å². The van der Waals surface area contributed by atoms with E-state index in [9.17, 15) is 0 Å². The van der Waals surface area contributed by atoms with Crippen molar-refractivity contribution in [2.45, 2.75) is 5.88 Å². The van der Waals surface area contributed by atoms with Gasteiger partial charge >= 0.3 is 0 Å². The molecule has 0 atom stereocenters. The standard InChI is InChI=1S/C11H7ClN2O/c12-5-10-7-15-11(14-10)9-3-1-8(6-13)2-4-9/h1-4,7H,5H2. The molecule has 0 radical (unpaired) electrons. The minimum absolute atomic E-state index is 0.333. The van der Waals surface area contributed by atoms with Gasteiger partial charge in [0, 0.05) is 5.56 Å². The Labute approximate surface area is 91.9 Å². The Kier molecular flexibility index (Phi) is 2.70. The average molecular weight is 219 g/mol. The van der Waals surface area contributed by atoms with Crippen LogP contribution < -0.4 is 0 Å². The maximum Gasteiger partial charge on any atom is 0.226 e. The number of rotatable bonds is 2. The summed E-state index contributed by atoms with van der Waals surface area (Å²) in [5.41, 5.74) is 2.16. The summed E-state index contributed by atoms with van der Waals surface area (Å²) >= 11 is 5.61. The van der Waals surface area contributed by atoms with E-state index in [1.54, 1.807) is 24.3 Å². The van der Waals surface area contributed by atoms with Crippen LogP contribution in [0, 0.1) is 11.3 Å². The van der Waals surface area contributed by atoms with Gasteiger partial charge in [-0.1, -0.05) is 0 Å². The van der Waals surface area contributed by atoms with Gasteiger partial charge in [-0.15, -0.1) is 11.6 Å². The molecule has 0 spiro atoms. The van der Waals surface area contributed by atoms with Crippen molar-refractivity contribution in [3.8, 4) is 17.5 Å². The molecule has 0 saturated heterocycles. The highest BCUT2D eigenvalue weighted by Gasteiger charge is 2.05. The van der Waals surface area contributed by atoms with Crippen LogP contribution in [0.2, 0.25) is 0 Å². The highest BCUT2D eigenvalue weighted by Crippen LogP contribution is 2.19. The third-order valence-electron chi connectivity index (χ3n) is 1.95. The molecule has 74 valence electrons. The van der Waals surface area contributed by atoms with Crippen molar-refractivity contribution in [2.24, 2.45) is 0 Å². The van der Waals surface area contributed by atoms with Gasteiger partial charge in [-0.2, -0.15) is 5.26 Å². The van der Waals surface area contributed by atoms with E-state index in [1.165, 1.54) is 6.26 Å². The fourth-order valence-electron chi connectivity index (χ4n) is 1.19. The number of aromatic nitrogens is 1. The zero-order chi connectivity index (χ0) is 10.7. The topological polar surface area (TPSA) is 49.8 Å². The molecule has 2 aromatic rings. The zero-order valence-electron chi connectivity index (χ0n) is 7.77. The second-order valence-corrected chi connectivity index (χ2v) is 3.23. The van der Waals surface area contributed by atoms with Crippen LogP contribution in [0.5, 0.6) is 0 Å². The Hall–Kier alpha value is -1.79. The molecule has 0 aliphatic heterocycles. The summed E-state index contributed by atoms with van der Waals surface area (Å²) in [6.45, 7) is 0. The monoisotopic (exact) mass is 218 g/mol. The molecule has 3 nitrogen and oxygen atoms in total. The molecule has 1 aromatic heterocycles. The lowest BCUT2D eigenvalue weighted by atomic mass is 10.1. The number of alkyl halides is 1. The molecule has 0 amide bonds. The van der Waals surface area contributed by atoms with Gasteiger partial charge in [0.1, 0.15) is 6.26 Å². The third-order valence-corrected chi connectivity index (χ3v) is 2.22. The SMILES string of the molecule is N#Cc1ccc(-c2nc(CCl)co2)cc1. The van der Waals surface area contributed by atoms with Gasteiger partial charge in [0.15, 0.2) is 0 Å². The van der Waals surface area contributed by atoms with Gasteiger partial charge in [0.05, 0.1) is 23.2 Å². The summed E-state index contributed by atoms with van der Waals surface area (Å²) in [5.74, 6) is 0.856. The Morgan fingerprint density at radius 2 is 2.07 bits per heavy atom. The molecule has 0 aliphatic rings. The summed E-state index contributed by atoms with van der Waals surface area (Å²) in [6.07, 6.45) is 1.53. The van der Waals surface area contributed by atoms with Gasteiger partial charge in [-0.05, 0) is 24.3 Å². The quantitative estimate of drug-likeness (QED) is 0.729. The fraction of sp³-hybridized carbons (Fsp3) is 0.0909. The summed E-state index contributed by atoms with van der Waals surface area (Å²) < 4.78 is 5.24. The lowest BCUT2D eigenvalue weighted by Crippen LogP contribution is -1.80. The van der Waals surface area contributed by atoms with Crippen LogP contribution in [0.1, 0.15) is 11.3 Å². The second kappa shape index (κ2) is 4.16. The first kappa shape index (κ1) is 9.75. The van der Waals surface area contributed by atoms with Crippen LogP contribution in [-0.2, 0) is 5.88 Å². The van der Waals surface area contributed by atoms with E-state index in [2.05, 4.69) is 4.98 Å². The second-order valence-electron chi connectivity index (χ2n) is 2.97. The van der Waals surface area contributed by atoms with Crippen molar-refractivity contribution < 1.29 is 4.42 Å². The van der Waals surface area contributed by atoms with Crippen LogP contribution >= 0.6 is 11.6 Å². The number of hydrogen-bond donors (Lipinski definition) is 0. The summed E-state index contributed by atoms with van der Waals surface area (Å²) in [4.78, 5) is 4.17. The maximum absolute atomic E-state index is 8.63. The van der Waals surface area contributed by atoms with E-state index in [1.807, 2.05) is 6.07 Å². The van der Waals surface area contributed by atoms with E-state index >= 15 is 0 Å². The van der Waals surface area contributed by atoms with Gasteiger partial charge in [-0.25, -0.2) is 4.98 Å². The first-order chi connectivity index (χ1) is 7.33. The normalized spacial score (nSPS) is 9.87. The van der Waals surface area contributed by atoms with Crippen molar-refractivity contribution >= 4 is 11.6 Å². The van der Waals surface area contributed by atoms with Crippen LogP contribution in [0.3, 0.4) is 0 Å². The molecule has 0 N–H and O–H groups in total. The molecule has 1 heterocycles. The summed E-state index contributed by atoms with van der Waals surface area (Å²) in [7, 11) is 0. The van der Waals surface area contributed by atoms with Gasteiger partial charge in [0.2, 0.25) is 5.89 Å². The highest BCUT2D eigenvalue weighted by molar-refractivity contribution is 6.16. The third kappa shape index (κ3) is 2.00. The van der Waals surface area contributed by atoms with Gasteiger partial charge < -0.3 is 4.42 Å². The molecule has 0 bridgehead atoms. The van der Waals surface area contributed by atoms with Gasteiger partial charge in [-0.3, -0.25) is 0 Å². The van der Waals surface area contributed by atoms with Crippen molar-refractivity contribution in [1.82, 2.24) is 4.98 Å². The van der Waals surface area contributed by atoms with Gasteiger partial charge in [0.25, 0.3) is 0 Å². The Morgan fingerprint density at radius 1 is 1.33 bits per heavy atom. The smallest absolute Gasteiger partial charge is 0.226 e. The first-order valence-electron chi connectivity index (χ1n) is 4.34.